The number of carboxylic acid groups (broad SMARTS) is 1. The molecular weight excluding hydrogens is 218 g/mol. The number of carbonyl (C=O) groups is 1. The van der Waals surface area contributed by atoms with Crippen molar-refractivity contribution in [2.75, 3.05) is 6.54 Å². The zero-order valence-corrected chi connectivity index (χ0v) is 10.2. The van der Waals surface area contributed by atoms with Gasteiger partial charge in [0.15, 0.2) is 0 Å². The van der Waals surface area contributed by atoms with Crippen LogP contribution in [0.1, 0.15) is 31.2 Å². The first-order valence-electron chi connectivity index (χ1n) is 6.08. The van der Waals surface area contributed by atoms with Crippen molar-refractivity contribution in [1.29, 1.82) is 0 Å². The summed E-state index contributed by atoms with van der Waals surface area (Å²) in [6.45, 7) is 1.80. The molecule has 1 unspecified atom stereocenters. The number of rotatable bonds is 4. The summed E-state index contributed by atoms with van der Waals surface area (Å²) >= 11 is 0. The number of carboxylic acids is 1. The van der Waals surface area contributed by atoms with Crippen LogP contribution in [0.3, 0.4) is 0 Å². The molecule has 5 heteroatoms. The van der Waals surface area contributed by atoms with Gasteiger partial charge in [0.25, 0.3) is 0 Å². The van der Waals surface area contributed by atoms with Gasteiger partial charge < -0.3 is 5.11 Å². The Balaban J connectivity index is 1.98. The van der Waals surface area contributed by atoms with E-state index in [4.69, 9.17) is 5.11 Å². The third kappa shape index (κ3) is 3.30. The number of nitrogens with zero attached hydrogens (tertiary/aromatic N) is 3. The van der Waals surface area contributed by atoms with Crippen LogP contribution in [0.5, 0.6) is 0 Å². The molecule has 1 aromatic heterocycles. The number of hydrogen-bond donors (Lipinski definition) is 1. The number of aromatic nitrogens is 2. The SMILES string of the molecule is Cn1cc(CN2CCCCC2CC(=O)O)cn1. The van der Waals surface area contributed by atoms with E-state index < -0.39 is 5.97 Å². The topological polar surface area (TPSA) is 58.4 Å². The molecule has 94 valence electrons. The van der Waals surface area contributed by atoms with E-state index in [2.05, 4.69) is 10.00 Å². The number of aliphatic carboxylic acids is 1. The first-order chi connectivity index (χ1) is 8.15. The first-order valence-corrected chi connectivity index (χ1v) is 6.08. The molecule has 1 aliphatic rings. The Morgan fingerprint density at radius 1 is 1.59 bits per heavy atom. The summed E-state index contributed by atoms with van der Waals surface area (Å²) in [5.41, 5.74) is 1.16. The van der Waals surface area contributed by atoms with Crippen LogP contribution >= 0.6 is 0 Å². The van der Waals surface area contributed by atoms with Crippen LogP contribution in [-0.2, 0) is 18.4 Å². The van der Waals surface area contributed by atoms with Gasteiger partial charge in [-0.15, -0.1) is 0 Å². The van der Waals surface area contributed by atoms with E-state index in [1.807, 2.05) is 19.4 Å². The lowest BCUT2D eigenvalue weighted by atomic mass is 9.99. The summed E-state index contributed by atoms with van der Waals surface area (Å²) in [5, 5.41) is 13.1. The zero-order valence-electron chi connectivity index (χ0n) is 10.2. The molecule has 1 atom stereocenters. The van der Waals surface area contributed by atoms with Gasteiger partial charge in [0, 0.05) is 31.4 Å². The Bertz CT molecular complexity index is 389. The molecule has 2 heterocycles. The molecule has 0 amide bonds. The van der Waals surface area contributed by atoms with Crippen molar-refractivity contribution in [2.24, 2.45) is 7.05 Å². The molecule has 5 nitrogen and oxygen atoms in total. The van der Waals surface area contributed by atoms with Crippen molar-refractivity contribution in [3.05, 3.63) is 18.0 Å². The van der Waals surface area contributed by atoms with Crippen molar-refractivity contribution in [2.45, 2.75) is 38.3 Å². The monoisotopic (exact) mass is 237 g/mol. The molecule has 0 aromatic carbocycles. The van der Waals surface area contributed by atoms with Gasteiger partial charge in [-0.05, 0) is 19.4 Å². The minimum absolute atomic E-state index is 0.182. The van der Waals surface area contributed by atoms with Gasteiger partial charge in [0.2, 0.25) is 0 Å². The number of likely N-dealkylation sites (tertiary alicyclic amines) is 1. The predicted octanol–water partition coefficient (Wildman–Crippen LogP) is 1.25. The van der Waals surface area contributed by atoms with Crippen LogP contribution < -0.4 is 0 Å². The van der Waals surface area contributed by atoms with Crippen molar-refractivity contribution in [1.82, 2.24) is 14.7 Å². The van der Waals surface area contributed by atoms with E-state index >= 15 is 0 Å². The maximum absolute atomic E-state index is 10.8. The highest BCUT2D eigenvalue weighted by atomic mass is 16.4. The van der Waals surface area contributed by atoms with E-state index in [0.717, 1.165) is 37.9 Å². The van der Waals surface area contributed by atoms with E-state index in [-0.39, 0.29) is 12.5 Å². The van der Waals surface area contributed by atoms with Crippen LogP contribution in [0.15, 0.2) is 12.4 Å². The quantitative estimate of drug-likeness (QED) is 0.856. The van der Waals surface area contributed by atoms with Crippen LogP contribution in [0.25, 0.3) is 0 Å². The van der Waals surface area contributed by atoms with Gasteiger partial charge in [-0.3, -0.25) is 14.4 Å². The highest BCUT2D eigenvalue weighted by molar-refractivity contribution is 5.67. The van der Waals surface area contributed by atoms with E-state index in [1.54, 1.807) is 4.68 Å². The molecule has 0 saturated carbocycles. The molecule has 2 rings (SSSR count). The minimum atomic E-state index is -0.701. The second-order valence-electron chi connectivity index (χ2n) is 4.74. The largest absolute Gasteiger partial charge is 0.481 e. The minimum Gasteiger partial charge on any atom is -0.481 e. The molecule has 0 aliphatic carbocycles. The summed E-state index contributed by atoms with van der Waals surface area (Å²) in [7, 11) is 1.90. The molecule has 0 radical (unpaired) electrons. The van der Waals surface area contributed by atoms with Gasteiger partial charge in [-0.2, -0.15) is 5.10 Å². The van der Waals surface area contributed by atoms with Gasteiger partial charge in [0.05, 0.1) is 12.6 Å². The van der Waals surface area contributed by atoms with Crippen LogP contribution in [0.2, 0.25) is 0 Å². The maximum Gasteiger partial charge on any atom is 0.304 e. The molecule has 1 N–H and O–H groups in total. The fourth-order valence-corrected chi connectivity index (χ4v) is 2.49. The molecule has 0 bridgehead atoms. The fraction of sp³-hybridized carbons (Fsp3) is 0.667. The molecular formula is C12H19N3O2. The predicted molar refractivity (Wildman–Crippen MR) is 63.5 cm³/mol. The first kappa shape index (κ1) is 12.1. The Labute approximate surface area is 101 Å². The smallest absolute Gasteiger partial charge is 0.304 e. The summed E-state index contributed by atoms with van der Waals surface area (Å²) in [5.74, 6) is -0.701. The average molecular weight is 237 g/mol. The van der Waals surface area contributed by atoms with E-state index in [9.17, 15) is 4.79 Å². The summed E-state index contributed by atoms with van der Waals surface area (Å²) < 4.78 is 1.78. The van der Waals surface area contributed by atoms with Crippen molar-refractivity contribution < 1.29 is 9.90 Å². The van der Waals surface area contributed by atoms with Crippen LogP contribution in [0.4, 0.5) is 0 Å². The number of aryl methyl sites for hydroxylation is 1. The van der Waals surface area contributed by atoms with Gasteiger partial charge in [0.1, 0.15) is 0 Å². The summed E-state index contributed by atoms with van der Waals surface area (Å²) in [6.07, 6.45) is 7.39. The van der Waals surface area contributed by atoms with Gasteiger partial charge in [-0.25, -0.2) is 0 Å². The van der Waals surface area contributed by atoms with Crippen molar-refractivity contribution in [3.8, 4) is 0 Å². The van der Waals surface area contributed by atoms with E-state index in [1.165, 1.54) is 0 Å². The zero-order chi connectivity index (χ0) is 12.3. The van der Waals surface area contributed by atoms with Crippen molar-refractivity contribution in [3.63, 3.8) is 0 Å². The fourth-order valence-electron chi connectivity index (χ4n) is 2.49. The summed E-state index contributed by atoms with van der Waals surface area (Å²) in [4.78, 5) is 13.1. The van der Waals surface area contributed by atoms with Crippen molar-refractivity contribution >= 4 is 5.97 Å². The Kier molecular flexibility index (Phi) is 3.78. The van der Waals surface area contributed by atoms with E-state index in [0.29, 0.717) is 0 Å². The molecule has 1 saturated heterocycles. The maximum atomic E-state index is 10.8. The Morgan fingerprint density at radius 3 is 3.06 bits per heavy atom. The number of hydrogen-bond acceptors (Lipinski definition) is 3. The van der Waals surface area contributed by atoms with Gasteiger partial charge in [-0.1, -0.05) is 6.42 Å². The standard InChI is InChI=1S/C12H19N3O2/c1-14-8-10(7-13-14)9-15-5-3-2-4-11(15)6-12(16)17/h7-8,11H,2-6,9H2,1H3,(H,16,17). The molecule has 0 spiro atoms. The Morgan fingerprint density at radius 2 is 2.41 bits per heavy atom. The molecule has 1 fully saturated rings. The summed E-state index contributed by atoms with van der Waals surface area (Å²) in [6, 6.07) is 0.182. The van der Waals surface area contributed by atoms with Crippen LogP contribution in [0, 0.1) is 0 Å². The highest BCUT2D eigenvalue weighted by Crippen LogP contribution is 2.21. The highest BCUT2D eigenvalue weighted by Gasteiger charge is 2.24. The Hall–Kier alpha value is -1.36. The third-order valence-corrected chi connectivity index (χ3v) is 3.30. The molecule has 17 heavy (non-hydrogen) atoms. The molecule has 1 aromatic rings. The normalized spacial score (nSPS) is 21.6. The second-order valence-corrected chi connectivity index (χ2v) is 4.74. The lowest BCUT2D eigenvalue weighted by Crippen LogP contribution is -2.40. The average Bonchev–Trinajstić information content (AvgIpc) is 2.66. The van der Waals surface area contributed by atoms with Crippen LogP contribution in [-0.4, -0.2) is 38.3 Å². The number of piperidine rings is 1. The van der Waals surface area contributed by atoms with Gasteiger partial charge >= 0.3 is 5.97 Å². The molecule has 1 aliphatic heterocycles. The third-order valence-electron chi connectivity index (χ3n) is 3.30. The second kappa shape index (κ2) is 5.31. The lowest BCUT2D eigenvalue weighted by molar-refractivity contribution is -0.138. The lowest BCUT2D eigenvalue weighted by Gasteiger charge is -2.34.